The Morgan fingerprint density at radius 2 is 2.12 bits per heavy atom. The highest BCUT2D eigenvalue weighted by Gasteiger charge is 2.40. The molecule has 5 heteroatoms. The molecule has 1 aliphatic carbocycles. The van der Waals surface area contributed by atoms with Crippen molar-refractivity contribution in [2.75, 3.05) is 13.2 Å². The summed E-state index contributed by atoms with van der Waals surface area (Å²) in [6.45, 7) is 2.12. The predicted octanol–water partition coefficient (Wildman–Crippen LogP) is 2.35. The monoisotopic (exact) mass is 255 g/mol. The number of hydrogen-bond donors (Lipinski definition) is 0. The van der Waals surface area contributed by atoms with Gasteiger partial charge in [-0.2, -0.15) is 0 Å². The van der Waals surface area contributed by atoms with Crippen molar-refractivity contribution in [2.24, 2.45) is 0 Å². The molecule has 17 heavy (non-hydrogen) atoms. The lowest BCUT2D eigenvalue weighted by Crippen LogP contribution is -2.37. The third kappa shape index (κ3) is 2.68. The average Bonchev–Trinajstić information content (AvgIpc) is 3.01. The second-order valence-electron chi connectivity index (χ2n) is 4.54. The lowest BCUT2D eigenvalue weighted by molar-refractivity contribution is -0.192. The molecule has 0 amide bonds. The van der Waals surface area contributed by atoms with Gasteiger partial charge in [0.25, 0.3) is 0 Å². The maximum absolute atomic E-state index is 5.87. The first-order valence-electron chi connectivity index (χ1n) is 6.14. The topological polar surface area (TPSA) is 40.6 Å². The van der Waals surface area contributed by atoms with Gasteiger partial charge in [-0.15, -0.1) is 11.3 Å². The Kier molecular flexibility index (Phi) is 3.42. The Bertz CT molecular complexity index is 339. The van der Waals surface area contributed by atoms with Gasteiger partial charge in [0.15, 0.2) is 5.79 Å². The van der Waals surface area contributed by atoms with Crippen molar-refractivity contribution in [3.8, 4) is 0 Å². The molecule has 3 rings (SSSR count). The molecule has 1 saturated carbocycles. The van der Waals surface area contributed by atoms with Gasteiger partial charge in [-0.05, 0) is 12.8 Å². The zero-order valence-corrected chi connectivity index (χ0v) is 10.6. The molecule has 0 bridgehead atoms. The van der Waals surface area contributed by atoms with Crippen LogP contribution in [-0.4, -0.2) is 30.1 Å². The molecule has 1 saturated heterocycles. The molecule has 1 spiro atoms. The van der Waals surface area contributed by atoms with Crippen molar-refractivity contribution in [2.45, 2.75) is 44.2 Å². The third-order valence-corrected chi connectivity index (χ3v) is 4.19. The molecule has 0 aromatic carbocycles. The van der Waals surface area contributed by atoms with Crippen LogP contribution in [0, 0.1) is 0 Å². The average molecular weight is 255 g/mol. The lowest BCUT2D eigenvalue weighted by atomic mass is 9.92. The Morgan fingerprint density at radius 1 is 1.35 bits per heavy atom. The quantitative estimate of drug-likeness (QED) is 0.831. The molecule has 0 atom stereocenters. The molecule has 0 unspecified atom stereocenters. The zero-order valence-electron chi connectivity index (χ0n) is 9.76. The largest absolute Gasteiger partial charge is 0.371 e. The summed E-state index contributed by atoms with van der Waals surface area (Å²) in [7, 11) is 0. The summed E-state index contributed by atoms with van der Waals surface area (Å²) < 4.78 is 17.3. The maximum atomic E-state index is 5.87. The molecular weight excluding hydrogens is 238 g/mol. The van der Waals surface area contributed by atoms with Gasteiger partial charge >= 0.3 is 0 Å². The number of aromatic nitrogens is 1. The summed E-state index contributed by atoms with van der Waals surface area (Å²) in [6.07, 6.45) is 6.10. The summed E-state index contributed by atoms with van der Waals surface area (Å²) in [6, 6.07) is 0. The molecule has 94 valence electrons. The minimum Gasteiger partial charge on any atom is -0.371 e. The van der Waals surface area contributed by atoms with Crippen molar-refractivity contribution in [3.63, 3.8) is 0 Å². The van der Waals surface area contributed by atoms with E-state index in [0.717, 1.165) is 43.9 Å². The van der Waals surface area contributed by atoms with Crippen LogP contribution in [0.5, 0.6) is 0 Å². The second-order valence-corrected chi connectivity index (χ2v) is 5.52. The molecule has 2 fully saturated rings. The summed E-state index contributed by atoms with van der Waals surface area (Å²) in [5.74, 6) is -0.277. The zero-order chi connectivity index (χ0) is 11.6. The van der Waals surface area contributed by atoms with Crippen LogP contribution in [0.25, 0.3) is 0 Å². The molecule has 2 aliphatic rings. The molecule has 2 heterocycles. The van der Waals surface area contributed by atoms with Gasteiger partial charge in [-0.1, -0.05) is 0 Å². The number of hydrogen-bond acceptors (Lipinski definition) is 5. The molecule has 1 aliphatic heterocycles. The highest BCUT2D eigenvalue weighted by molar-refractivity contribution is 7.09. The van der Waals surface area contributed by atoms with Crippen LogP contribution in [-0.2, 0) is 20.8 Å². The number of thiazole rings is 1. The van der Waals surface area contributed by atoms with Crippen molar-refractivity contribution < 1.29 is 14.2 Å². The number of ether oxygens (including phenoxy) is 3. The van der Waals surface area contributed by atoms with Gasteiger partial charge in [0.05, 0.1) is 25.9 Å². The van der Waals surface area contributed by atoms with Crippen molar-refractivity contribution in [1.29, 1.82) is 0 Å². The fourth-order valence-electron chi connectivity index (χ4n) is 2.50. The lowest BCUT2D eigenvalue weighted by Gasteiger charge is -2.35. The van der Waals surface area contributed by atoms with Crippen LogP contribution in [0.1, 0.15) is 30.7 Å². The van der Waals surface area contributed by atoms with Crippen molar-refractivity contribution in [1.82, 2.24) is 4.98 Å². The number of rotatable bonds is 3. The summed E-state index contributed by atoms with van der Waals surface area (Å²) in [5, 5.41) is 3.04. The molecule has 0 radical (unpaired) electrons. The van der Waals surface area contributed by atoms with E-state index in [1.54, 1.807) is 11.3 Å². The molecular formula is C12H17NO3S. The molecule has 0 N–H and O–H groups in total. The third-order valence-electron chi connectivity index (χ3n) is 3.43. The van der Waals surface area contributed by atoms with Gasteiger partial charge in [-0.3, -0.25) is 0 Å². The fourth-order valence-corrected chi connectivity index (χ4v) is 3.03. The Labute approximate surface area is 105 Å². The van der Waals surface area contributed by atoms with Crippen LogP contribution >= 0.6 is 11.3 Å². The van der Waals surface area contributed by atoms with E-state index in [9.17, 15) is 0 Å². The maximum Gasteiger partial charge on any atom is 0.168 e. The fraction of sp³-hybridized carbons (Fsp3) is 0.750. The van der Waals surface area contributed by atoms with Crippen LogP contribution in [0.4, 0.5) is 0 Å². The first-order chi connectivity index (χ1) is 8.36. The Morgan fingerprint density at radius 3 is 2.76 bits per heavy atom. The van der Waals surface area contributed by atoms with E-state index in [0.29, 0.717) is 12.7 Å². The SMILES string of the molecule is c1csc(COC2CCC3(CC2)OCCO3)n1. The normalized spacial score (nSPS) is 24.5. The van der Waals surface area contributed by atoms with E-state index in [4.69, 9.17) is 14.2 Å². The van der Waals surface area contributed by atoms with Crippen LogP contribution in [0.15, 0.2) is 11.6 Å². The minimum absolute atomic E-state index is 0.277. The van der Waals surface area contributed by atoms with E-state index in [1.807, 2.05) is 11.6 Å². The molecule has 1 aromatic rings. The summed E-state index contributed by atoms with van der Waals surface area (Å²) in [4.78, 5) is 4.22. The molecule has 1 aromatic heterocycles. The minimum atomic E-state index is -0.277. The van der Waals surface area contributed by atoms with Gasteiger partial charge < -0.3 is 14.2 Å². The van der Waals surface area contributed by atoms with Gasteiger partial charge in [0.1, 0.15) is 5.01 Å². The van der Waals surface area contributed by atoms with Crippen molar-refractivity contribution in [3.05, 3.63) is 16.6 Å². The van der Waals surface area contributed by atoms with E-state index in [-0.39, 0.29) is 5.79 Å². The Balaban J connectivity index is 1.45. The highest BCUT2D eigenvalue weighted by atomic mass is 32.1. The van der Waals surface area contributed by atoms with Gasteiger partial charge in [-0.25, -0.2) is 4.98 Å². The highest BCUT2D eigenvalue weighted by Crippen LogP contribution is 2.36. The van der Waals surface area contributed by atoms with Crippen LogP contribution in [0.3, 0.4) is 0 Å². The van der Waals surface area contributed by atoms with E-state index in [2.05, 4.69) is 4.98 Å². The van der Waals surface area contributed by atoms with Crippen molar-refractivity contribution >= 4 is 11.3 Å². The van der Waals surface area contributed by atoms with E-state index in [1.165, 1.54) is 0 Å². The van der Waals surface area contributed by atoms with Crippen LogP contribution < -0.4 is 0 Å². The number of nitrogens with zero attached hydrogens (tertiary/aromatic N) is 1. The Hall–Kier alpha value is -0.490. The molecule has 4 nitrogen and oxygen atoms in total. The predicted molar refractivity (Wildman–Crippen MR) is 63.8 cm³/mol. The second kappa shape index (κ2) is 5.02. The summed E-state index contributed by atoms with van der Waals surface area (Å²) >= 11 is 1.64. The first-order valence-corrected chi connectivity index (χ1v) is 7.02. The summed E-state index contributed by atoms with van der Waals surface area (Å²) in [5.41, 5.74) is 0. The van der Waals surface area contributed by atoms with E-state index >= 15 is 0 Å². The smallest absolute Gasteiger partial charge is 0.168 e. The standard InChI is InChI=1S/C12H17NO3S/c1-3-12(15-6-7-16-12)4-2-10(1)14-9-11-13-5-8-17-11/h5,8,10H,1-4,6-7,9H2. The van der Waals surface area contributed by atoms with Crippen LogP contribution in [0.2, 0.25) is 0 Å². The first kappa shape index (κ1) is 11.6. The van der Waals surface area contributed by atoms with Gasteiger partial charge in [0.2, 0.25) is 0 Å². The van der Waals surface area contributed by atoms with Gasteiger partial charge in [0, 0.05) is 24.4 Å². The van der Waals surface area contributed by atoms with E-state index < -0.39 is 0 Å².